The van der Waals surface area contributed by atoms with Crippen molar-refractivity contribution in [1.82, 2.24) is 5.32 Å². The molecule has 0 unspecified atom stereocenters. The number of methoxy groups -OCH3 is 1. The van der Waals surface area contributed by atoms with Gasteiger partial charge in [0.1, 0.15) is 5.75 Å². The third-order valence-electron chi connectivity index (χ3n) is 3.88. The predicted octanol–water partition coefficient (Wildman–Crippen LogP) is 4.53. The van der Waals surface area contributed by atoms with Gasteiger partial charge in [0.2, 0.25) is 0 Å². The molecule has 2 N–H and O–H groups in total. The van der Waals surface area contributed by atoms with Crippen molar-refractivity contribution >= 4 is 35.0 Å². The molecule has 7 nitrogen and oxygen atoms in total. The molecule has 0 radical (unpaired) electrons. The normalized spacial score (nSPS) is 15.3. The number of alkyl halides is 3. The molecule has 11 heteroatoms. The van der Waals surface area contributed by atoms with Crippen molar-refractivity contribution in [2.75, 3.05) is 7.11 Å². The largest absolute Gasteiger partial charge is 0.493 e. The van der Waals surface area contributed by atoms with Crippen molar-refractivity contribution in [3.05, 3.63) is 58.0 Å². The summed E-state index contributed by atoms with van der Waals surface area (Å²) in [7, 11) is 1.28. The molecule has 156 valence electrons. The van der Waals surface area contributed by atoms with E-state index in [1.54, 1.807) is 0 Å². The first-order valence-electron chi connectivity index (χ1n) is 8.14. The fourth-order valence-corrected chi connectivity index (χ4v) is 3.20. The molecule has 1 saturated heterocycles. The molecule has 2 aromatic carbocycles. The summed E-state index contributed by atoms with van der Waals surface area (Å²) in [6.07, 6.45) is -3.43. The molecule has 0 aliphatic carbocycles. The summed E-state index contributed by atoms with van der Waals surface area (Å²) >= 11 is 0.714. The van der Waals surface area contributed by atoms with Crippen LogP contribution < -0.4 is 14.8 Å². The smallest absolute Gasteiger partial charge is 0.420 e. The number of hydrogen-bond acceptors (Lipinski definition) is 6. The van der Waals surface area contributed by atoms with E-state index in [0.29, 0.717) is 23.4 Å². The molecular weight excluding hydrogens is 427 g/mol. The molecule has 0 atom stereocenters. The number of nitrogens with one attached hydrogen (secondary N) is 1. The monoisotopic (exact) mass is 439 g/mol. The van der Waals surface area contributed by atoms with Crippen LogP contribution in [-0.2, 0) is 11.0 Å². The lowest BCUT2D eigenvalue weighted by atomic mass is 10.1. The Hall–Kier alpha value is -3.47. The van der Waals surface area contributed by atoms with Gasteiger partial charge in [-0.05, 0) is 53.7 Å². The van der Waals surface area contributed by atoms with Crippen LogP contribution in [0.2, 0.25) is 0 Å². The van der Waals surface area contributed by atoms with Crippen molar-refractivity contribution < 1.29 is 42.1 Å². The second-order valence-corrected chi connectivity index (χ2v) is 6.89. The third kappa shape index (κ3) is 4.57. The Morgan fingerprint density at radius 2 is 1.80 bits per heavy atom. The topological polar surface area (TPSA) is 102 Å². The van der Waals surface area contributed by atoms with Crippen LogP contribution in [0.25, 0.3) is 6.08 Å². The van der Waals surface area contributed by atoms with Crippen molar-refractivity contribution in [2.45, 2.75) is 6.18 Å². The van der Waals surface area contributed by atoms with Gasteiger partial charge in [0.15, 0.2) is 11.5 Å². The van der Waals surface area contributed by atoms with E-state index in [1.807, 2.05) is 0 Å². The van der Waals surface area contributed by atoms with Crippen molar-refractivity contribution in [3.8, 4) is 17.2 Å². The summed E-state index contributed by atoms with van der Waals surface area (Å²) in [5.74, 6) is -2.66. The number of aromatic carboxylic acids is 1. The number of amides is 2. The number of hydrogen-bond donors (Lipinski definition) is 2. The Morgan fingerprint density at radius 1 is 1.10 bits per heavy atom. The summed E-state index contributed by atoms with van der Waals surface area (Å²) in [6, 6.07) is 6.59. The SMILES string of the molecule is COc1cc(/C=C2/SC(=O)NC2=O)ccc1Oc1ccc(C(=O)O)cc1C(F)(F)F. The molecule has 0 aromatic heterocycles. The molecule has 0 spiro atoms. The van der Waals surface area contributed by atoms with Gasteiger partial charge in [-0.2, -0.15) is 13.2 Å². The van der Waals surface area contributed by atoms with E-state index >= 15 is 0 Å². The highest BCUT2D eigenvalue weighted by molar-refractivity contribution is 8.18. The van der Waals surface area contributed by atoms with Crippen LogP contribution in [0.15, 0.2) is 41.3 Å². The lowest BCUT2D eigenvalue weighted by Gasteiger charge is -2.16. The first-order chi connectivity index (χ1) is 14.1. The van der Waals surface area contributed by atoms with E-state index in [2.05, 4.69) is 5.32 Å². The maximum absolute atomic E-state index is 13.4. The minimum absolute atomic E-state index is 0.0622. The van der Waals surface area contributed by atoms with E-state index in [9.17, 15) is 27.6 Å². The molecule has 1 heterocycles. The van der Waals surface area contributed by atoms with Crippen LogP contribution in [0.5, 0.6) is 17.2 Å². The second kappa shape index (κ2) is 8.11. The van der Waals surface area contributed by atoms with E-state index in [0.717, 1.165) is 12.1 Å². The Balaban J connectivity index is 1.96. The molecule has 2 amide bonds. The summed E-state index contributed by atoms with van der Waals surface area (Å²) < 4.78 is 50.6. The van der Waals surface area contributed by atoms with Crippen molar-refractivity contribution in [3.63, 3.8) is 0 Å². The van der Waals surface area contributed by atoms with Crippen molar-refractivity contribution in [1.29, 1.82) is 0 Å². The van der Waals surface area contributed by atoms with Crippen LogP contribution >= 0.6 is 11.8 Å². The number of halogens is 3. The molecular formula is C19H12F3NO6S. The van der Waals surface area contributed by atoms with Gasteiger partial charge in [-0.25, -0.2) is 4.79 Å². The molecule has 0 bridgehead atoms. The molecule has 1 aliphatic heterocycles. The van der Waals surface area contributed by atoms with Crippen molar-refractivity contribution in [2.24, 2.45) is 0 Å². The van der Waals surface area contributed by atoms with Gasteiger partial charge in [-0.3, -0.25) is 14.9 Å². The Kier molecular flexibility index (Phi) is 5.74. The van der Waals surface area contributed by atoms with Crippen LogP contribution in [0.4, 0.5) is 18.0 Å². The quantitative estimate of drug-likeness (QED) is 0.660. The van der Waals surface area contributed by atoms with Crippen LogP contribution in [0.1, 0.15) is 21.5 Å². The molecule has 1 fully saturated rings. The highest BCUT2D eigenvalue weighted by atomic mass is 32.2. The number of thioether (sulfide) groups is 1. The Bertz CT molecular complexity index is 1080. The zero-order valence-corrected chi connectivity index (χ0v) is 15.9. The first kappa shape index (κ1) is 21.2. The fraction of sp³-hybridized carbons (Fsp3) is 0.105. The van der Waals surface area contributed by atoms with Gasteiger partial charge in [0.25, 0.3) is 11.1 Å². The first-order valence-corrected chi connectivity index (χ1v) is 8.95. The van der Waals surface area contributed by atoms with E-state index in [4.69, 9.17) is 14.6 Å². The fourth-order valence-electron chi connectivity index (χ4n) is 2.52. The van der Waals surface area contributed by atoms with Gasteiger partial charge in [-0.1, -0.05) is 6.07 Å². The minimum atomic E-state index is -4.85. The second-order valence-electron chi connectivity index (χ2n) is 5.88. The highest BCUT2D eigenvalue weighted by Crippen LogP contribution is 2.41. The Labute approximate surface area is 171 Å². The predicted molar refractivity (Wildman–Crippen MR) is 101 cm³/mol. The molecule has 0 saturated carbocycles. The average molecular weight is 439 g/mol. The van der Waals surface area contributed by atoms with Gasteiger partial charge < -0.3 is 14.6 Å². The number of carboxylic acid groups (broad SMARTS) is 1. The van der Waals surface area contributed by atoms with Gasteiger partial charge in [0.05, 0.1) is 23.1 Å². The number of ether oxygens (including phenoxy) is 2. The standard InChI is InChI=1S/C19H12F3NO6S/c1-28-14-6-9(7-15-16(24)23-18(27)30-15)2-4-13(14)29-12-5-3-10(17(25)26)8-11(12)19(20,21)22/h2-8H,1H3,(H,25,26)(H,23,24,27)/b15-7+. The van der Waals surface area contributed by atoms with E-state index in [1.165, 1.54) is 31.4 Å². The summed E-state index contributed by atoms with van der Waals surface area (Å²) in [6.45, 7) is 0. The molecule has 1 aliphatic rings. The van der Waals surface area contributed by atoms with Gasteiger partial charge in [-0.15, -0.1) is 0 Å². The minimum Gasteiger partial charge on any atom is -0.493 e. The molecule has 30 heavy (non-hydrogen) atoms. The van der Waals surface area contributed by atoms with E-state index < -0.39 is 40.2 Å². The maximum atomic E-state index is 13.4. The number of imide groups is 1. The van der Waals surface area contributed by atoms with Crippen LogP contribution in [-0.4, -0.2) is 29.3 Å². The lowest BCUT2D eigenvalue weighted by Crippen LogP contribution is -2.17. The third-order valence-corrected chi connectivity index (χ3v) is 4.69. The summed E-state index contributed by atoms with van der Waals surface area (Å²) in [5, 5.41) is 10.5. The van der Waals surface area contributed by atoms with Crippen LogP contribution in [0.3, 0.4) is 0 Å². The number of carbonyl (C=O) groups is 3. The lowest BCUT2D eigenvalue weighted by molar-refractivity contribution is -0.138. The zero-order valence-electron chi connectivity index (χ0n) is 15.1. The summed E-state index contributed by atoms with van der Waals surface area (Å²) in [5.41, 5.74) is -1.34. The number of carboxylic acids is 1. The maximum Gasteiger partial charge on any atom is 0.420 e. The Morgan fingerprint density at radius 3 is 2.37 bits per heavy atom. The summed E-state index contributed by atoms with van der Waals surface area (Å²) in [4.78, 5) is 34.0. The van der Waals surface area contributed by atoms with Gasteiger partial charge in [0, 0.05) is 0 Å². The number of carbonyl (C=O) groups excluding carboxylic acids is 2. The van der Waals surface area contributed by atoms with Gasteiger partial charge >= 0.3 is 12.1 Å². The molecule has 3 rings (SSSR count). The highest BCUT2D eigenvalue weighted by Gasteiger charge is 2.35. The van der Waals surface area contributed by atoms with E-state index in [-0.39, 0.29) is 16.4 Å². The van der Waals surface area contributed by atoms with Crippen LogP contribution in [0, 0.1) is 0 Å². The molecule has 2 aromatic rings. The number of rotatable bonds is 5. The number of benzene rings is 2. The zero-order chi connectivity index (χ0) is 22.1. The average Bonchev–Trinajstić information content (AvgIpc) is 2.99.